The van der Waals surface area contributed by atoms with Crippen LogP contribution >= 0.6 is 0 Å². The number of nitrogens with two attached hydrogens (primary N) is 6. The third-order valence-electron chi connectivity index (χ3n) is 15.3. The molecule has 6 aliphatic heterocycles. The predicted octanol–water partition coefficient (Wildman–Crippen LogP) is -13.0. The van der Waals surface area contributed by atoms with Crippen LogP contribution in [0.3, 0.4) is 0 Å². The van der Waals surface area contributed by atoms with Gasteiger partial charge in [-0.15, -0.1) is 0 Å². The van der Waals surface area contributed by atoms with E-state index >= 15 is 0 Å². The lowest BCUT2D eigenvalue weighted by atomic mass is 9.62. The number of hydrogen-bond donors (Lipinski definition) is 22. The Labute approximate surface area is 425 Å². The normalized spacial score (nSPS) is 52.3. The summed E-state index contributed by atoms with van der Waals surface area (Å²) in [6.45, 7) is 0.846. The van der Waals surface area contributed by atoms with Crippen LogP contribution in [-0.2, 0) is 47.4 Å². The van der Waals surface area contributed by atoms with Crippen LogP contribution in [0.1, 0.15) is 40.0 Å². The zero-order chi connectivity index (χ0) is 55.5. The monoisotopic (exact) mass is 1090 g/mol. The number of hydrogen-bond acceptors (Lipinski definition) is 32. The molecule has 74 heavy (non-hydrogen) atoms. The first-order valence-electron chi connectivity index (χ1n) is 24.5. The topological polar surface area (TPSA) is 572 Å². The van der Waals surface area contributed by atoms with Crippen LogP contribution in [0, 0.1) is 0 Å². The van der Waals surface area contributed by atoms with Crippen LogP contribution in [0.4, 0.5) is 0 Å². The summed E-state index contributed by atoms with van der Waals surface area (Å²) in [7, 11) is 0. The van der Waals surface area contributed by atoms with Crippen molar-refractivity contribution in [3.8, 4) is 0 Å². The highest BCUT2D eigenvalue weighted by Gasteiger charge is 2.69. The largest absolute Gasteiger partial charge is 0.394 e. The maximum absolute atomic E-state index is 11.6. The van der Waals surface area contributed by atoms with E-state index in [1.165, 1.54) is 0 Å². The fraction of sp³-hybridized carbons (Fsp3) is 1.00. The van der Waals surface area contributed by atoms with Crippen LogP contribution < -0.4 is 34.4 Å². The molecular weight excluding hydrogens is 1000 g/mol. The molecule has 30 atom stereocenters. The minimum Gasteiger partial charge on any atom is -0.394 e. The summed E-state index contributed by atoms with van der Waals surface area (Å²) in [5.41, 5.74) is 30.3. The first kappa shape index (κ1) is 63.6. The molecule has 0 aromatic carbocycles. The zero-order valence-corrected chi connectivity index (χ0v) is 41.2. The molecule has 6 aliphatic rings. The van der Waals surface area contributed by atoms with E-state index < -0.39 is 222 Å². The quantitative estimate of drug-likeness (QED) is 0.0643. The van der Waals surface area contributed by atoms with Crippen molar-refractivity contribution in [3.63, 3.8) is 0 Å². The van der Waals surface area contributed by atoms with E-state index in [-0.39, 0.29) is 19.3 Å². The van der Waals surface area contributed by atoms with Gasteiger partial charge in [0.2, 0.25) is 0 Å². The average molecular weight is 1090 g/mol. The first-order chi connectivity index (χ1) is 34.8. The van der Waals surface area contributed by atoms with E-state index in [0.29, 0.717) is 0 Å². The van der Waals surface area contributed by atoms with Gasteiger partial charge in [0.25, 0.3) is 0 Å². The van der Waals surface area contributed by atoms with Gasteiger partial charge in [-0.3, -0.25) is 0 Å². The SMILES string of the molecule is CC[C@]1(CO)O[C@H](OC2[C@@H](CO)O[C@@H](OC3[C@@H](CO)O[C@@H](O)[C@H](N)[C@H]3O)[C@H](N)[C@H]2O)[C@H](N)[C@](O)(CC)[C@@]1(O)CC.N[C@H]1[C@H](OC2[C@@H](CO)O[C@@H](OC3[C@@H](CO)O[C@@H](O)[C@H](N)[C@H]3O)[C@H](N)[C@H]2O)O[C@H](CO)[C@@H](O)[C@@H]1O. The Bertz CT molecular complexity index is 1690. The first-order valence-corrected chi connectivity index (χ1v) is 24.5. The molecule has 6 rings (SSSR count). The molecular formula is C42H82N6O26. The maximum atomic E-state index is 11.6. The van der Waals surface area contributed by atoms with Gasteiger partial charge < -0.3 is 163 Å². The standard InChI is InChI=1S/C24H47N3O13.C18H35N3O13/c1-4-22(9-30)24(35,6-3)23(34,5-2)18(27)21(40-22)39-17-11(8-29)37-20(13(26)15(17)32)38-16-10(7-28)36-19(33)12(25)14(16)31;19-7-12(27)14(5(2-23)30-16(7)29)33-18-9(21)13(28)15(6(3-24)32-18)34-17-8(20)11(26)10(25)4(1-22)31-17/h10-21,28-35H,4-9,25-27H2,1-3H3;4-18,22-29H,1-3,19-21H2/t10-,11-,12-,13-,14-,15-,16?,17?,18+,19-,20+,21+,22-,23-,24-;4-,5-,6-,7-,8-,9-,10-,11-,12-,13-,14?,15?,16-,17+,18+/m11/s1. The van der Waals surface area contributed by atoms with Crippen molar-refractivity contribution in [3.05, 3.63) is 0 Å². The van der Waals surface area contributed by atoms with Crippen LogP contribution in [-0.4, -0.2) is 304 Å². The van der Waals surface area contributed by atoms with Crippen molar-refractivity contribution < 1.29 is 129 Å². The van der Waals surface area contributed by atoms with Gasteiger partial charge >= 0.3 is 0 Å². The summed E-state index contributed by atoms with van der Waals surface area (Å²) >= 11 is 0. The van der Waals surface area contributed by atoms with Gasteiger partial charge in [-0.1, -0.05) is 20.8 Å². The highest BCUT2D eigenvalue weighted by molar-refractivity contribution is 5.19. The molecule has 0 aliphatic carbocycles. The number of aliphatic hydroxyl groups is 16. The Balaban J connectivity index is 0.000000278. The molecule has 32 heteroatoms. The van der Waals surface area contributed by atoms with Crippen molar-refractivity contribution in [1.82, 2.24) is 0 Å². The van der Waals surface area contributed by atoms with Crippen molar-refractivity contribution in [2.45, 2.75) is 222 Å². The molecule has 436 valence electrons. The lowest BCUT2D eigenvalue weighted by Crippen LogP contribution is -2.82. The molecule has 6 saturated heterocycles. The lowest BCUT2D eigenvalue weighted by Gasteiger charge is -2.61. The average Bonchev–Trinajstić information content (AvgIpc) is 3.40. The summed E-state index contributed by atoms with van der Waals surface area (Å²) in [6.07, 6.45) is -29.6. The Morgan fingerprint density at radius 1 is 0.392 bits per heavy atom. The summed E-state index contributed by atoms with van der Waals surface area (Å²) in [5.74, 6) is 0. The Kier molecular flexibility index (Phi) is 22.6. The van der Waals surface area contributed by atoms with Gasteiger partial charge in [0.15, 0.2) is 37.7 Å². The second-order valence-corrected chi connectivity index (χ2v) is 19.4. The minimum absolute atomic E-state index is 0.00324. The summed E-state index contributed by atoms with van der Waals surface area (Å²) in [4.78, 5) is 0. The van der Waals surface area contributed by atoms with Crippen LogP contribution in [0.25, 0.3) is 0 Å². The van der Waals surface area contributed by atoms with Crippen molar-refractivity contribution in [1.29, 1.82) is 0 Å². The van der Waals surface area contributed by atoms with Crippen LogP contribution in [0.5, 0.6) is 0 Å². The molecule has 0 aromatic rings. The van der Waals surface area contributed by atoms with Gasteiger partial charge in [-0.05, 0) is 19.3 Å². The molecule has 0 aromatic heterocycles. The van der Waals surface area contributed by atoms with E-state index in [1.807, 2.05) is 0 Å². The Morgan fingerprint density at radius 3 is 1.04 bits per heavy atom. The third-order valence-corrected chi connectivity index (χ3v) is 15.3. The summed E-state index contributed by atoms with van der Waals surface area (Å²) < 4.78 is 56.1. The maximum Gasteiger partial charge on any atom is 0.177 e. The van der Waals surface area contributed by atoms with Crippen LogP contribution in [0.15, 0.2) is 0 Å². The van der Waals surface area contributed by atoms with E-state index in [1.54, 1.807) is 20.8 Å². The van der Waals surface area contributed by atoms with Gasteiger partial charge in [0.05, 0.1) is 75.9 Å². The second kappa shape index (κ2) is 26.3. The fourth-order valence-electron chi connectivity index (χ4n) is 10.4. The van der Waals surface area contributed by atoms with Crippen molar-refractivity contribution >= 4 is 0 Å². The smallest absolute Gasteiger partial charge is 0.177 e. The third kappa shape index (κ3) is 11.9. The Morgan fingerprint density at radius 2 is 0.716 bits per heavy atom. The molecule has 0 saturated carbocycles. The lowest BCUT2D eigenvalue weighted by molar-refractivity contribution is -0.396. The number of rotatable bonds is 17. The number of ether oxygens (including phenoxy) is 10. The Hall–Kier alpha value is -1.28. The molecule has 0 amide bonds. The fourth-order valence-corrected chi connectivity index (χ4v) is 10.4. The molecule has 0 bridgehead atoms. The van der Waals surface area contributed by atoms with E-state index in [0.717, 1.165) is 0 Å². The molecule has 0 spiro atoms. The summed E-state index contributed by atoms with van der Waals surface area (Å²) in [6, 6.07) is -7.87. The van der Waals surface area contributed by atoms with E-state index in [2.05, 4.69) is 0 Å². The van der Waals surface area contributed by atoms with Gasteiger partial charge in [0, 0.05) is 0 Å². The van der Waals surface area contributed by atoms with Crippen molar-refractivity contribution in [2.24, 2.45) is 34.4 Å². The number of aliphatic hydroxyl groups excluding tert-OH is 14. The minimum atomic E-state index is -1.98. The molecule has 32 nitrogen and oxygen atoms in total. The van der Waals surface area contributed by atoms with Gasteiger partial charge in [0.1, 0.15) is 108 Å². The molecule has 4 unspecified atom stereocenters. The molecule has 6 fully saturated rings. The molecule has 0 radical (unpaired) electrons. The predicted molar refractivity (Wildman–Crippen MR) is 242 cm³/mol. The van der Waals surface area contributed by atoms with E-state index in [9.17, 15) is 81.7 Å². The van der Waals surface area contributed by atoms with E-state index in [4.69, 9.17) is 81.8 Å². The van der Waals surface area contributed by atoms with Crippen molar-refractivity contribution in [2.75, 3.05) is 39.6 Å². The second-order valence-electron chi connectivity index (χ2n) is 19.4. The highest BCUT2D eigenvalue weighted by atomic mass is 16.8. The van der Waals surface area contributed by atoms with Crippen LogP contribution in [0.2, 0.25) is 0 Å². The zero-order valence-electron chi connectivity index (χ0n) is 41.2. The molecule has 6 heterocycles. The van der Waals surface area contributed by atoms with Gasteiger partial charge in [-0.25, -0.2) is 0 Å². The highest BCUT2D eigenvalue weighted by Crippen LogP contribution is 2.50. The molecule has 28 N–H and O–H groups in total. The summed E-state index contributed by atoms with van der Waals surface area (Å²) in [5, 5.41) is 164. The van der Waals surface area contributed by atoms with Gasteiger partial charge in [-0.2, -0.15) is 0 Å².